The van der Waals surface area contributed by atoms with Gasteiger partial charge in [-0.25, -0.2) is 18.1 Å². The molecule has 0 unspecified atom stereocenters. The van der Waals surface area contributed by atoms with Crippen molar-refractivity contribution in [1.29, 1.82) is 0 Å². The third kappa shape index (κ3) is 4.76. The van der Waals surface area contributed by atoms with E-state index in [-0.39, 0.29) is 17.3 Å². The van der Waals surface area contributed by atoms with Crippen LogP contribution < -0.4 is 10.0 Å². The second-order valence-electron chi connectivity index (χ2n) is 6.63. The first kappa shape index (κ1) is 20.3. The lowest BCUT2D eigenvalue weighted by atomic mass is 10.2. The van der Waals surface area contributed by atoms with E-state index in [1.165, 1.54) is 24.3 Å². The van der Waals surface area contributed by atoms with Gasteiger partial charge in [-0.1, -0.05) is 12.1 Å². The van der Waals surface area contributed by atoms with Crippen LogP contribution in [0.1, 0.15) is 20.9 Å². The van der Waals surface area contributed by atoms with E-state index < -0.39 is 10.0 Å². The van der Waals surface area contributed by atoms with Crippen molar-refractivity contribution in [2.45, 2.75) is 17.9 Å². The average Bonchev–Trinajstić information content (AvgIpc) is 3.41. The first-order chi connectivity index (χ1) is 14.5. The van der Waals surface area contributed by atoms with E-state index in [1.807, 2.05) is 52.5 Å². The zero-order valence-corrected chi connectivity index (χ0v) is 17.6. The van der Waals surface area contributed by atoms with Crippen molar-refractivity contribution in [1.82, 2.24) is 19.4 Å². The third-order valence-corrected chi connectivity index (χ3v) is 6.93. The number of amides is 1. The lowest BCUT2D eigenvalue weighted by Gasteiger charge is -2.08. The summed E-state index contributed by atoms with van der Waals surface area (Å²) in [7, 11) is -3.62. The largest absolute Gasteiger partial charge is 0.346 e. The molecule has 4 rings (SSSR count). The van der Waals surface area contributed by atoms with Gasteiger partial charge in [-0.15, -0.1) is 11.3 Å². The number of carbonyl (C=O) groups is 1. The van der Waals surface area contributed by atoms with Crippen molar-refractivity contribution in [2.75, 3.05) is 6.54 Å². The van der Waals surface area contributed by atoms with Crippen LogP contribution in [-0.2, 0) is 23.0 Å². The quantitative estimate of drug-likeness (QED) is 0.441. The van der Waals surface area contributed by atoms with Gasteiger partial charge in [-0.3, -0.25) is 4.79 Å². The third-order valence-electron chi connectivity index (χ3n) is 4.51. The van der Waals surface area contributed by atoms with Gasteiger partial charge in [0.1, 0.15) is 5.65 Å². The van der Waals surface area contributed by atoms with Gasteiger partial charge in [0, 0.05) is 29.4 Å². The average molecular weight is 441 g/mol. The van der Waals surface area contributed by atoms with Gasteiger partial charge >= 0.3 is 0 Å². The lowest BCUT2D eigenvalue weighted by molar-refractivity contribution is 0.0950. The number of pyridine rings is 1. The number of nitrogens with zero attached hydrogens (tertiary/aromatic N) is 2. The summed E-state index contributed by atoms with van der Waals surface area (Å²) < 4.78 is 29.3. The monoisotopic (exact) mass is 440 g/mol. The smallest absolute Gasteiger partial charge is 0.251 e. The predicted octanol–water partition coefficient (Wildman–Crippen LogP) is 2.85. The molecule has 3 aromatic heterocycles. The predicted molar refractivity (Wildman–Crippen MR) is 116 cm³/mol. The fourth-order valence-corrected chi connectivity index (χ4v) is 4.72. The Morgan fingerprint density at radius 3 is 2.63 bits per heavy atom. The number of fused-ring (bicyclic) bond motifs is 1. The van der Waals surface area contributed by atoms with Gasteiger partial charge in [0.15, 0.2) is 0 Å². The van der Waals surface area contributed by atoms with Gasteiger partial charge in [0.25, 0.3) is 5.91 Å². The van der Waals surface area contributed by atoms with Crippen LogP contribution in [-0.4, -0.2) is 30.3 Å². The number of aromatic nitrogens is 2. The minimum Gasteiger partial charge on any atom is -0.346 e. The molecule has 0 saturated heterocycles. The molecule has 0 fully saturated rings. The molecule has 30 heavy (non-hydrogen) atoms. The van der Waals surface area contributed by atoms with E-state index >= 15 is 0 Å². The number of hydrogen-bond acceptors (Lipinski definition) is 5. The Morgan fingerprint density at radius 1 is 1.07 bits per heavy atom. The summed E-state index contributed by atoms with van der Waals surface area (Å²) in [4.78, 5) is 18.1. The Labute approximate surface area is 178 Å². The molecular formula is C21H20N4O3S2. The molecule has 4 aromatic rings. The molecule has 7 nitrogen and oxygen atoms in total. The van der Waals surface area contributed by atoms with Crippen LogP contribution >= 0.6 is 11.3 Å². The van der Waals surface area contributed by atoms with Crippen molar-refractivity contribution in [3.63, 3.8) is 0 Å². The number of rotatable bonds is 8. The van der Waals surface area contributed by atoms with Crippen LogP contribution in [0.5, 0.6) is 0 Å². The zero-order chi connectivity index (χ0) is 21.0. The van der Waals surface area contributed by atoms with Crippen molar-refractivity contribution < 1.29 is 13.2 Å². The number of sulfonamides is 1. The second-order valence-corrected chi connectivity index (χ2v) is 9.43. The number of imidazole rings is 1. The second kappa shape index (κ2) is 8.78. The van der Waals surface area contributed by atoms with E-state index in [9.17, 15) is 13.2 Å². The summed E-state index contributed by atoms with van der Waals surface area (Å²) in [5.74, 6) is -0.290. The number of carbonyl (C=O) groups excluding carboxylic acids is 1. The SMILES string of the molecule is O=C(NCc1cn2ccccc2n1)c1ccc(S(=O)(=O)NCCc2cccs2)cc1. The van der Waals surface area contributed by atoms with E-state index in [0.29, 0.717) is 18.5 Å². The van der Waals surface area contributed by atoms with Crippen LogP contribution in [0.15, 0.2) is 77.3 Å². The van der Waals surface area contributed by atoms with E-state index in [0.717, 1.165) is 16.2 Å². The minimum absolute atomic E-state index is 0.130. The van der Waals surface area contributed by atoms with Crippen LogP contribution in [0.3, 0.4) is 0 Å². The van der Waals surface area contributed by atoms with Gasteiger partial charge in [0.05, 0.1) is 17.1 Å². The normalized spacial score (nSPS) is 11.6. The standard InChI is InChI=1S/C21H20N4O3S2/c26-21(22-14-17-15-25-12-2-1-5-20(25)24-17)16-6-8-19(9-7-16)30(27,28)23-11-10-18-4-3-13-29-18/h1-9,12-13,15,23H,10-11,14H2,(H,22,26). The van der Waals surface area contributed by atoms with Crippen molar-refractivity contribution in [3.8, 4) is 0 Å². The first-order valence-electron chi connectivity index (χ1n) is 9.34. The summed E-state index contributed by atoms with van der Waals surface area (Å²) in [6.07, 6.45) is 4.38. The molecule has 0 atom stereocenters. The Balaban J connectivity index is 1.34. The minimum atomic E-state index is -3.62. The first-order valence-corrected chi connectivity index (χ1v) is 11.7. The zero-order valence-electron chi connectivity index (χ0n) is 16.0. The Hall–Kier alpha value is -3.01. The number of thiophene rings is 1. The van der Waals surface area contributed by atoms with Crippen LogP contribution in [0.4, 0.5) is 0 Å². The highest BCUT2D eigenvalue weighted by atomic mass is 32.2. The van der Waals surface area contributed by atoms with Crippen molar-refractivity contribution in [3.05, 3.63) is 88.5 Å². The van der Waals surface area contributed by atoms with Gasteiger partial charge in [-0.05, 0) is 54.3 Å². The molecule has 2 N–H and O–H groups in total. The molecule has 154 valence electrons. The van der Waals surface area contributed by atoms with Gasteiger partial charge < -0.3 is 9.72 Å². The summed E-state index contributed by atoms with van der Waals surface area (Å²) >= 11 is 1.59. The number of nitrogens with one attached hydrogen (secondary N) is 2. The molecular weight excluding hydrogens is 420 g/mol. The van der Waals surface area contributed by atoms with E-state index in [4.69, 9.17) is 0 Å². The summed E-state index contributed by atoms with van der Waals surface area (Å²) in [5, 5.41) is 4.77. The highest BCUT2D eigenvalue weighted by molar-refractivity contribution is 7.89. The van der Waals surface area contributed by atoms with Crippen LogP contribution in [0.2, 0.25) is 0 Å². The summed E-state index contributed by atoms with van der Waals surface area (Å²) in [5.41, 5.74) is 1.93. The molecule has 0 saturated carbocycles. The molecule has 0 spiro atoms. The number of benzene rings is 1. The molecule has 9 heteroatoms. The van der Waals surface area contributed by atoms with Gasteiger partial charge in [0.2, 0.25) is 10.0 Å². The Morgan fingerprint density at radius 2 is 1.90 bits per heavy atom. The molecule has 0 radical (unpaired) electrons. The van der Waals surface area contributed by atoms with E-state index in [2.05, 4.69) is 15.0 Å². The van der Waals surface area contributed by atoms with Crippen molar-refractivity contribution >= 4 is 32.9 Å². The maximum absolute atomic E-state index is 12.4. The molecule has 0 bridgehead atoms. The summed E-state index contributed by atoms with van der Waals surface area (Å²) in [6.45, 7) is 0.606. The molecule has 1 aromatic carbocycles. The van der Waals surface area contributed by atoms with Crippen LogP contribution in [0.25, 0.3) is 5.65 Å². The van der Waals surface area contributed by atoms with Gasteiger partial charge in [-0.2, -0.15) is 0 Å². The summed E-state index contributed by atoms with van der Waals surface area (Å²) in [6, 6.07) is 15.5. The topological polar surface area (TPSA) is 92.6 Å². The fourth-order valence-electron chi connectivity index (χ4n) is 2.98. The maximum Gasteiger partial charge on any atom is 0.251 e. The molecule has 0 aliphatic heterocycles. The molecule has 3 heterocycles. The maximum atomic E-state index is 12.4. The van der Waals surface area contributed by atoms with E-state index in [1.54, 1.807) is 11.3 Å². The highest BCUT2D eigenvalue weighted by Gasteiger charge is 2.15. The lowest BCUT2D eigenvalue weighted by Crippen LogP contribution is -2.26. The molecule has 0 aliphatic rings. The Bertz CT molecular complexity index is 1210. The molecule has 0 aliphatic carbocycles. The highest BCUT2D eigenvalue weighted by Crippen LogP contribution is 2.12. The molecule has 1 amide bonds. The Kier molecular flexibility index (Phi) is 5.93. The van der Waals surface area contributed by atoms with Crippen LogP contribution in [0, 0.1) is 0 Å². The van der Waals surface area contributed by atoms with Crippen molar-refractivity contribution in [2.24, 2.45) is 0 Å². The number of hydrogen-bond donors (Lipinski definition) is 2. The fraction of sp³-hybridized carbons (Fsp3) is 0.143.